The number of fused-ring (bicyclic) bond motifs is 2. The van der Waals surface area contributed by atoms with Gasteiger partial charge in [-0.15, -0.1) is 0 Å². The normalized spacial score (nSPS) is 27.8. The van der Waals surface area contributed by atoms with E-state index in [2.05, 4.69) is 0 Å². The molecule has 0 radical (unpaired) electrons. The molecule has 0 N–H and O–H groups in total. The molecule has 2 aliphatic heterocycles. The van der Waals surface area contributed by atoms with Gasteiger partial charge in [0.15, 0.2) is 0 Å². The zero-order valence-electron chi connectivity index (χ0n) is 11.1. The molecular weight excluding hydrogens is 263 g/mol. The molecule has 0 aliphatic carbocycles. The molecule has 1 aromatic rings. The van der Waals surface area contributed by atoms with Gasteiger partial charge in [-0.3, -0.25) is 4.89 Å². The molecule has 0 atom stereocenters. The molecule has 1 aromatic carbocycles. The standard InChI is InChI=1S/C15H17FO4/c16-13-4-2-1-3-11(13)10-18-20-14(17)9-15-7-5-12(19-15)6-8-15/h1-4,12H,5-10H2. The van der Waals surface area contributed by atoms with Crippen LogP contribution in [0.5, 0.6) is 0 Å². The molecule has 2 saturated heterocycles. The van der Waals surface area contributed by atoms with Crippen molar-refractivity contribution in [1.82, 2.24) is 0 Å². The number of hydrogen-bond donors (Lipinski definition) is 0. The van der Waals surface area contributed by atoms with Crippen LogP contribution in [0.2, 0.25) is 0 Å². The highest BCUT2D eigenvalue weighted by atomic mass is 19.1. The van der Waals surface area contributed by atoms with Crippen molar-refractivity contribution >= 4 is 5.97 Å². The highest BCUT2D eigenvalue weighted by Gasteiger charge is 2.47. The summed E-state index contributed by atoms with van der Waals surface area (Å²) in [7, 11) is 0. The summed E-state index contributed by atoms with van der Waals surface area (Å²) in [6.45, 7) is -0.0884. The van der Waals surface area contributed by atoms with Crippen LogP contribution in [0, 0.1) is 5.82 Å². The summed E-state index contributed by atoms with van der Waals surface area (Å²) in [5, 5.41) is 0. The summed E-state index contributed by atoms with van der Waals surface area (Å²) >= 11 is 0. The van der Waals surface area contributed by atoms with Crippen molar-refractivity contribution in [2.24, 2.45) is 0 Å². The fraction of sp³-hybridized carbons (Fsp3) is 0.533. The third-order valence-electron chi connectivity index (χ3n) is 4.05. The molecule has 0 unspecified atom stereocenters. The van der Waals surface area contributed by atoms with Gasteiger partial charge in [-0.25, -0.2) is 9.18 Å². The minimum absolute atomic E-state index is 0.0884. The van der Waals surface area contributed by atoms with Crippen molar-refractivity contribution < 1.29 is 23.7 Å². The van der Waals surface area contributed by atoms with E-state index in [9.17, 15) is 9.18 Å². The number of ether oxygens (including phenoxy) is 1. The Morgan fingerprint density at radius 1 is 1.35 bits per heavy atom. The Kier molecular flexibility index (Phi) is 3.72. The highest BCUT2D eigenvalue weighted by Crippen LogP contribution is 2.45. The Morgan fingerprint density at radius 2 is 2.10 bits per heavy atom. The molecule has 20 heavy (non-hydrogen) atoms. The molecule has 0 spiro atoms. The van der Waals surface area contributed by atoms with Crippen molar-refractivity contribution in [1.29, 1.82) is 0 Å². The molecule has 108 valence electrons. The zero-order valence-corrected chi connectivity index (χ0v) is 11.1. The van der Waals surface area contributed by atoms with E-state index in [1.54, 1.807) is 18.2 Å². The number of carbonyl (C=O) groups is 1. The van der Waals surface area contributed by atoms with E-state index in [0.717, 1.165) is 25.7 Å². The Bertz CT molecular complexity index is 494. The lowest BCUT2D eigenvalue weighted by molar-refractivity contribution is -0.282. The van der Waals surface area contributed by atoms with Gasteiger partial charge in [-0.05, 0) is 31.7 Å². The van der Waals surface area contributed by atoms with Gasteiger partial charge in [0.1, 0.15) is 12.4 Å². The van der Waals surface area contributed by atoms with Gasteiger partial charge in [-0.1, -0.05) is 18.2 Å². The first-order valence-corrected chi connectivity index (χ1v) is 6.90. The molecule has 0 saturated carbocycles. The first-order valence-electron chi connectivity index (χ1n) is 6.90. The van der Waals surface area contributed by atoms with Gasteiger partial charge in [0.25, 0.3) is 0 Å². The number of halogens is 1. The third kappa shape index (κ3) is 2.83. The van der Waals surface area contributed by atoms with Crippen LogP contribution in [-0.4, -0.2) is 17.7 Å². The maximum atomic E-state index is 13.3. The van der Waals surface area contributed by atoms with E-state index >= 15 is 0 Å². The first kappa shape index (κ1) is 13.5. The number of rotatable bonds is 5. The maximum absolute atomic E-state index is 13.3. The van der Waals surface area contributed by atoms with Crippen LogP contribution in [0.4, 0.5) is 4.39 Å². The average Bonchev–Trinajstić information content (AvgIpc) is 3.01. The average molecular weight is 280 g/mol. The summed E-state index contributed by atoms with van der Waals surface area (Å²) in [4.78, 5) is 21.3. The number of hydrogen-bond acceptors (Lipinski definition) is 4. The Labute approximate surface area is 116 Å². The predicted octanol–water partition coefficient (Wildman–Crippen LogP) is 2.90. The van der Waals surface area contributed by atoms with Crippen LogP contribution in [0.3, 0.4) is 0 Å². The van der Waals surface area contributed by atoms with Crippen molar-refractivity contribution in [2.45, 2.75) is 50.4 Å². The lowest BCUT2D eigenvalue weighted by atomic mass is 9.86. The van der Waals surface area contributed by atoms with Crippen molar-refractivity contribution in [3.05, 3.63) is 35.6 Å². The van der Waals surface area contributed by atoms with E-state index in [1.165, 1.54) is 6.07 Å². The van der Waals surface area contributed by atoms with Crippen LogP contribution in [0.25, 0.3) is 0 Å². The Hall–Kier alpha value is -1.46. The van der Waals surface area contributed by atoms with Crippen molar-refractivity contribution in [2.75, 3.05) is 0 Å². The largest absolute Gasteiger partial charge is 0.371 e. The molecule has 2 heterocycles. The molecule has 0 amide bonds. The maximum Gasteiger partial charge on any atom is 0.345 e. The molecule has 5 heteroatoms. The Balaban J connectivity index is 1.45. The first-order chi connectivity index (χ1) is 9.67. The smallest absolute Gasteiger partial charge is 0.345 e. The lowest BCUT2D eigenvalue weighted by Crippen LogP contribution is -2.29. The number of carbonyl (C=O) groups excluding carboxylic acids is 1. The summed E-state index contributed by atoms with van der Waals surface area (Å²) in [6.07, 6.45) is 4.36. The van der Waals surface area contributed by atoms with Gasteiger partial charge < -0.3 is 4.74 Å². The summed E-state index contributed by atoms with van der Waals surface area (Å²) in [5.41, 5.74) is 0.0137. The van der Waals surface area contributed by atoms with Gasteiger partial charge in [-0.2, -0.15) is 4.89 Å². The van der Waals surface area contributed by atoms with E-state index in [0.29, 0.717) is 11.7 Å². The van der Waals surface area contributed by atoms with Crippen LogP contribution >= 0.6 is 0 Å². The minimum atomic E-state index is -0.455. The zero-order chi connectivity index (χ0) is 14.0. The summed E-state index contributed by atoms with van der Waals surface area (Å²) in [5.74, 6) is -0.830. The van der Waals surface area contributed by atoms with Crippen LogP contribution in [0.15, 0.2) is 24.3 Å². The van der Waals surface area contributed by atoms with E-state index in [1.807, 2.05) is 0 Å². The SMILES string of the molecule is O=C(CC12CCC(CC1)O2)OOCc1ccccc1F. The van der Waals surface area contributed by atoms with Crippen LogP contribution in [0.1, 0.15) is 37.7 Å². The second-order valence-corrected chi connectivity index (χ2v) is 5.49. The molecule has 2 bridgehead atoms. The summed E-state index contributed by atoms with van der Waals surface area (Å²) < 4.78 is 19.1. The second kappa shape index (κ2) is 5.50. The van der Waals surface area contributed by atoms with Crippen molar-refractivity contribution in [3.8, 4) is 0 Å². The van der Waals surface area contributed by atoms with Gasteiger partial charge in [0.05, 0.1) is 18.1 Å². The van der Waals surface area contributed by atoms with E-state index < -0.39 is 5.97 Å². The van der Waals surface area contributed by atoms with E-state index in [-0.39, 0.29) is 24.4 Å². The molecule has 0 aromatic heterocycles. The molecule has 4 nitrogen and oxygen atoms in total. The fourth-order valence-corrected chi connectivity index (χ4v) is 2.99. The van der Waals surface area contributed by atoms with E-state index in [4.69, 9.17) is 14.5 Å². The molecular formula is C15H17FO4. The van der Waals surface area contributed by atoms with Crippen LogP contribution < -0.4 is 0 Å². The summed E-state index contributed by atoms with van der Waals surface area (Å²) in [6, 6.07) is 6.22. The number of benzene rings is 1. The van der Waals surface area contributed by atoms with Crippen LogP contribution in [-0.2, 0) is 25.9 Å². The third-order valence-corrected chi connectivity index (χ3v) is 4.05. The quantitative estimate of drug-likeness (QED) is 0.614. The molecule has 3 rings (SSSR count). The predicted molar refractivity (Wildman–Crippen MR) is 68.0 cm³/mol. The monoisotopic (exact) mass is 280 g/mol. The van der Waals surface area contributed by atoms with Gasteiger partial charge in [0.2, 0.25) is 0 Å². The lowest BCUT2D eigenvalue weighted by Gasteiger charge is -2.22. The fourth-order valence-electron chi connectivity index (χ4n) is 2.99. The van der Waals surface area contributed by atoms with Crippen molar-refractivity contribution in [3.63, 3.8) is 0 Å². The minimum Gasteiger partial charge on any atom is -0.371 e. The molecule has 2 aliphatic rings. The Morgan fingerprint density at radius 3 is 2.75 bits per heavy atom. The second-order valence-electron chi connectivity index (χ2n) is 5.49. The molecule has 2 fully saturated rings. The highest BCUT2D eigenvalue weighted by molar-refractivity contribution is 5.70. The topological polar surface area (TPSA) is 44.8 Å². The van der Waals surface area contributed by atoms with Gasteiger partial charge >= 0.3 is 5.97 Å². The van der Waals surface area contributed by atoms with Gasteiger partial charge in [0, 0.05) is 5.56 Å².